The van der Waals surface area contributed by atoms with Crippen LogP contribution >= 0.6 is 0 Å². The summed E-state index contributed by atoms with van der Waals surface area (Å²) in [6.45, 7) is 3.39. The summed E-state index contributed by atoms with van der Waals surface area (Å²) in [5.74, 6) is 0.685. The predicted octanol–water partition coefficient (Wildman–Crippen LogP) is 5.13. The van der Waals surface area contributed by atoms with Crippen LogP contribution in [0.25, 0.3) is 10.9 Å². The maximum Gasteiger partial charge on any atom is 0.393 e. The Morgan fingerprint density at radius 3 is 2.53 bits per heavy atom. The van der Waals surface area contributed by atoms with E-state index in [1.807, 2.05) is 0 Å². The van der Waals surface area contributed by atoms with Crippen LogP contribution in [0.3, 0.4) is 0 Å². The number of benzene rings is 1. The molecule has 1 N–H and O–H groups in total. The Morgan fingerprint density at radius 2 is 1.91 bits per heavy atom. The summed E-state index contributed by atoms with van der Waals surface area (Å²) >= 11 is 0. The van der Waals surface area contributed by atoms with Crippen LogP contribution in [0.2, 0.25) is 0 Å². The molecule has 0 aliphatic heterocycles. The average molecular weight is 452 g/mol. The second kappa shape index (κ2) is 7.83. The molecule has 3 aromatic rings. The molecule has 1 aromatic carbocycles. The summed E-state index contributed by atoms with van der Waals surface area (Å²) in [6.07, 6.45) is -6.28. The molecule has 1 aliphatic rings. The molecular formula is C22H21F5N4O. The van der Waals surface area contributed by atoms with Crippen molar-refractivity contribution in [3.05, 3.63) is 63.8 Å². The highest BCUT2D eigenvalue weighted by molar-refractivity contribution is 5.88. The fourth-order valence-electron chi connectivity index (χ4n) is 3.86. The highest BCUT2D eigenvalue weighted by Gasteiger charge is 2.53. The van der Waals surface area contributed by atoms with Gasteiger partial charge in [-0.1, -0.05) is 24.3 Å². The molecule has 0 amide bonds. The lowest BCUT2D eigenvalue weighted by Gasteiger charge is -2.21. The maximum atomic E-state index is 13.6. The number of alkyl halides is 5. The van der Waals surface area contributed by atoms with Gasteiger partial charge in [0.1, 0.15) is 17.2 Å². The number of aryl methyl sites for hydroxylation is 1. The standard InChI is InChI=1S/C22H21F5N4O/c1-12(15-5-3-4-14(8-15)10-22(25,26)27)28-19-16-11-31(21(6-7-21)20(23)24)18(32)9-17(16)29-13(2)30-19/h3-5,8-9,11-12,20H,6-7,10H2,1-2H3,(H,28,29,30)/t12-/m1/s1. The molecule has 32 heavy (non-hydrogen) atoms. The Balaban J connectivity index is 1.71. The second-order valence-corrected chi connectivity index (χ2v) is 8.21. The van der Waals surface area contributed by atoms with Crippen molar-refractivity contribution in [1.82, 2.24) is 14.5 Å². The molecule has 4 rings (SSSR count). The molecule has 5 nitrogen and oxygen atoms in total. The number of hydrogen-bond acceptors (Lipinski definition) is 4. The van der Waals surface area contributed by atoms with Crippen LogP contribution in [-0.2, 0) is 12.0 Å². The SMILES string of the molecule is Cc1nc(N[C@H](C)c2cccc(CC(F)(F)F)c2)c2cn(C3(C(F)F)CC3)c(=O)cc2n1. The number of halogens is 5. The van der Waals surface area contributed by atoms with Crippen molar-refractivity contribution in [2.45, 2.75) is 57.3 Å². The molecule has 1 aliphatic carbocycles. The Kier molecular flexibility index (Phi) is 5.42. The zero-order chi connectivity index (χ0) is 23.3. The number of pyridine rings is 1. The molecule has 1 atom stereocenters. The van der Waals surface area contributed by atoms with Gasteiger partial charge in [0.2, 0.25) is 0 Å². The Morgan fingerprint density at radius 1 is 1.19 bits per heavy atom. The van der Waals surface area contributed by atoms with E-state index in [0.29, 0.717) is 28.1 Å². The van der Waals surface area contributed by atoms with Crippen molar-refractivity contribution in [2.24, 2.45) is 0 Å². The van der Waals surface area contributed by atoms with E-state index < -0.39 is 36.2 Å². The van der Waals surface area contributed by atoms with Gasteiger partial charge in [0.15, 0.2) is 0 Å². The molecule has 0 bridgehead atoms. The summed E-state index contributed by atoms with van der Waals surface area (Å²) < 4.78 is 66.5. The number of aromatic nitrogens is 3. The number of nitrogens with one attached hydrogen (secondary N) is 1. The third kappa shape index (κ3) is 4.31. The van der Waals surface area contributed by atoms with Gasteiger partial charge < -0.3 is 9.88 Å². The summed E-state index contributed by atoms with van der Waals surface area (Å²) in [4.78, 5) is 21.1. The van der Waals surface area contributed by atoms with Crippen molar-refractivity contribution in [3.8, 4) is 0 Å². The summed E-state index contributed by atoms with van der Waals surface area (Å²) in [5.41, 5.74) is -1.02. The van der Waals surface area contributed by atoms with E-state index in [9.17, 15) is 26.7 Å². The van der Waals surface area contributed by atoms with Crippen LogP contribution in [0, 0.1) is 6.92 Å². The average Bonchev–Trinajstić information content (AvgIpc) is 3.48. The van der Waals surface area contributed by atoms with Gasteiger partial charge >= 0.3 is 6.18 Å². The molecular weight excluding hydrogens is 431 g/mol. The fourth-order valence-corrected chi connectivity index (χ4v) is 3.86. The van der Waals surface area contributed by atoms with E-state index in [4.69, 9.17) is 0 Å². The zero-order valence-electron chi connectivity index (χ0n) is 17.4. The molecule has 1 fully saturated rings. The third-order valence-electron chi connectivity index (χ3n) is 5.70. The Labute approximate surface area is 180 Å². The van der Waals surface area contributed by atoms with Gasteiger partial charge in [-0.25, -0.2) is 18.7 Å². The third-order valence-corrected chi connectivity index (χ3v) is 5.70. The molecule has 2 aromatic heterocycles. The number of anilines is 1. The second-order valence-electron chi connectivity index (χ2n) is 8.21. The summed E-state index contributed by atoms with van der Waals surface area (Å²) in [5, 5.41) is 3.53. The topological polar surface area (TPSA) is 59.8 Å². The number of rotatable bonds is 6. The van der Waals surface area contributed by atoms with Gasteiger partial charge in [-0.2, -0.15) is 13.2 Å². The number of fused-ring (bicyclic) bond motifs is 1. The first-order valence-corrected chi connectivity index (χ1v) is 10.1. The van der Waals surface area contributed by atoms with Crippen molar-refractivity contribution >= 4 is 16.7 Å². The van der Waals surface area contributed by atoms with Crippen LogP contribution in [0.15, 0.2) is 41.3 Å². The van der Waals surface area contributed by atoms with Gasteiger partial charge in [0.05, 0.1) is 17.3 Å². The first kappa shape index (κ1) is 22.2. The van der Waals surface area contributed by atoms with E-state index in [2.05, 4.69) is 15.3 Å². The first-order chi connectivity index (χ1) is 15.0. The maximum absolute atomic E-state index is 13.6. The summed E-state index contributed by atoms with van der Waals surface area (Å²) in [6, 6.07) is 6.89. The van der Waals surface area contributed by atoms with Crippen molar-refractivity contribution in [3.63, 3.8) is 0 Å². The highest BCUT2D eigenvalue weighted by atomic mass is 19.4. The van der Waals surface area contributed by atoms with Crippen molar-refractivity contribution < 1.29 is 22.0 Å². The van der Waals surface area contributed by atoms with Gasteiger partial charge in [0.25, 0.3) is 12.0 Å². The fraction of sp³-hybridized carbons (Fsp3) is 0.409. The van der Waals surface area contributed by atoms with E-state index in [1.54, 1.807) is 26.0 Å². The Bertz CT molecular complexity index is 1220. The highest BCUT2D eigenvalue weighted by Crippen LogP contribution is 2.48. The van der Waals surface area contributed by atoms with E-state index in [0.717, 1.165) is 4.57 Å². The smallest absolute Gasteiger partial charge is 0.363 e. The lowest BCUT2D eigenvalue weighted by molar-refractivity contribution is -0.127. The van der Waals surface area contributed by atoms with Crippen LogP contribution in [0.5, 0.6) is 0 Å². The van der Waals surface area contributed by atoms with Gasteiger partial charge in [0, 0.05) is 18.3 Å². The molecule has 0 radical (unpaired) electrons. The molecule has 0 unspecified atom stereocenters. The predicted molar refractivity (Wildman–Crippen MR) is 110 cm³/mol. The van der Waals surface area contributed by atoms with E-state index in [-0.39, 0.29) is 18.4 Å². The first-order valence-electron chi connectivity index (χ1n) is 10.1. The van der Waals surface area contributed by atoms with Crippen LogP contribution in [-0.4, -0.2) is 27.1 Å². The molecule has 0 saturated heterocycles. The minimum Gasteiger partial charge on any atom is -0.363 e. The van der Waals surface area contributed by atoms with E-state index in [1.165, 1.54) is 24.4 Å². The summed E-state index contributed by atoms with van der Waals surface area (Å²) in [7, 11) is 0. The lowest BCUT2D eigenvalue weighted by Crippen LogP contribution is -2.35. The van der Waals surface area contributed by atoms with Crippen LogP contribution < -0.4 is 10.9 Å². The lowest BCUT2D eigenvalue weighted by atomic mass is 10.0. The molecule has 2 heterocycles. The van der Waals surface area contributed by atoms with Crippen molar-refractivity contribution in [2.75, 3.05) is 5.32 Å². The minimum atomic E-state index is -4.32. The van der Waals surface area contributed by atoms with Gasteiger partial charge in [-0.3, -0.25) is 4.79 Å². The zero-order valence-corrected chi connectivity index (χ0v) is 17.4. The molecule has 0 spiro atoms. The largest absolute Gasteiger partial charge is 0.393 e. The Hall–Kier alpha value is -3.04. The molecule has 1 saturated carbocycles. The number of nitrogens with zero attached hydrogens (tertiary/aromatic N) is 3. The van der Waals surface area contributed by atoms with Crippen LogP contribution in [0.4, 0.5) is 27.8 Å². The number of hydrogen-bond donors (Lipinski definition) is 1. The molecule has 170 valence electrons. The van der Waals surface area contributed by atoms with Crippen LogP contribution in [0.1, 0.15) is 42.8 Å². The monoisotopic (exact) mass is 452 g/mol. The minimum absolute atomic E-state index is 0.133. The van der Waals surface area contributed by atoms with Crippen molar-refractivity contribution in [1.29, 1.82) is 0 Å². The van der Waals surface area contributed by atoms with E-state index >= 15 is 0 Å². The quantitative estimate of drug-likeness (QED) is 0.527. The molecule has 10 heteroatoms. The van der Waals surface area contributed by atoms with Gasteiger partial charge in [-0.05, 0) is 37.8 Å². The normalized spacial score (nSPS) is 16.4. The van der Waals surface area contributed by atoms with Gasteiger partial charge in [-0.15, -0.1) is 0 Å².